The molecule has 3 aromatic rings. The second-order valence-corrected chi connectivity index (χ2v) is 8.12. The Morgan fingerprint density at radius 2 is 2.00 bits per heavy atom. The maximum Gasteiger partial charge on any atom is 0.277 e. The van der Waals surface area contributed by atoms with E-state index in [4.69, 9.17) is 0 Å². The number of anilines is 1. The quantitative estimate of drug-likeness (QED) is 0.757. The van der Waals surface area contributed by atoms with Gasteiger partial charge in [0.2, 0.25) is 5.91 Å². The Labute approximate surface area is 164 Å². The fraction of sp³-hybridized carbons (Fsp3) is 0.409. The fourth-order valence-corrected chi connectivity index (χ4v) is 3.88. The Balaban J connectivity index is 1.56. The summed E-state index contributed by atoms with van der Waals surface area (Å²) in [4.78, 5) is 25.5. The number of fused-ring (bicyclic) bond motifs is 3. The van der Waals surface area contributed by atoms with Crippen molar-refractivity contribution in [1.29, 1.82) is 0 Å². The number of nitrogens with zero attached hydrogens (tertiary/aromatic N) is 3. The number of carbonyl (C=O) groups is 1. The average Bonchev–Trinajstić information content (AvgIpc) is 3.03. The number of rotatable bonds is 4. The van der Waals surface area contributed by atoms with Gasteiger partial charge in [-0.1, -0.05) is 32.9 Å². The van der Waals surface area contributed by atoms with Crippen LogP contribution in [0.3, 0.4) is 0 Å². The van der Waals surface area contributed by atoms with Crippen molar-refractivity contribution in [1.82, 2.24) is 14.2 Å². The van der Waals surface area contributed by atoms with Gasteiger partial charge < -0.3 is 9.88 Å². The third kappa shape index (κ3) is 3.46. The standard InChI is InChI=1S/C22H26N4O2/c1-14(2)16-5-7-17(8-6-16)23-20(27)13-25-10-11-26-21(22(25)28)18-12-15(3)4-9-19(18)24-26/h5-8,10-11,14-15H,4,9,12-13H2,1-3H3,(H,23,27). The number of aromatic nitrogens is 3. The summed E-state index contributed by atoms with van der Waals surface area (Å²) < 4.78 is 3.14. The number of benzene rings is 1. The molecule has 0 fully saturated rings. The van der Waals surface area contributed by atoms with E-state index in [1.165, 1.54) is 10.1 Å². The van der Waals surface area contributed by atoms with E-state index in [-0.39, 0.29) is 18.0 Å². The van der Waals surface area contributed by atoms with Gasteiger partial charge in [0.15, 0.2) is 0 Å². The molecule has 1 N–H and O–H groups in total. The van der Waals surface area contributed by atoms with Crippen molar-refractivity contribution < 1.29 is 4.79 Å². The van der Waals surface area contributed by atoms with Crippen LogP contribution in [0.25, 0.3) is 5.52 Å². The van der Waals surface area contributed by atoms with E-state index in [2.05, 4.69) is 31.2 Å². The molecular formula is C22H26N4O2. The Morgan fingerprint density at radius 1 is 1.25 bits per heavy atom. The van der Waals surface area contributed by atoms with Crippen molar-refractivity contribution in [3.63, 3.8) is 0 Å². The molecule has 1 aliphatic rings. The fourth-order valence-electron chi connectivity index (χ4n) is 3.88. The summed E-state index contributed by atoms with van der Waals surface area (Å²) in [5.74, 6) is 0.774. The summed E-state index contributed by atoms with van der Waals surface area (Å²) in [7, 11) is 0. The van der Waals surface area contributed by atoms with Crippen LogP contribution in [0, 0.1) is 5.92 Å². The van der Waals surface area contributed by atoms with Crippen molar-refractivity contribution in [2.75, 3.05) is 5.32 Å². The van der Waals surface area contributed by atoms with E-state index in [9.17, 15) is 9.59 Å². The highest BCUT2D eigenvalue weighted by molar-refractivity contribution is 5.90. The van der Waals surface area contributed by atoms with Crippen LogP contribution in [0.2, 0.25) is 0 Å². The normalized spacial score (nSPS) is 16.4. The van der Waals surface area contributed by atoms with Gasteiger partial charge >= 0.3 is 0 Å². The molecule has 1 unspecified atom stereocenters. The molecule has 0 saturated heterocycles. The van der Waals surface area contributed by atoms with E-state index in [1.807, 2.05) is 24.3 Å². The summed E-state index contributed by atoms with van der Waals surface area (Å²) in [5, 5.41) is 7.44. The van der Waals surface area contributed by atoms with Gasteiger partial charge in [0.1, 0.15) is 12.1 Å². The first-order chi connectivity index (χ1) is 13.4. The van der Waals surface area contributed by atoms with Gasteiger partial charge in [-0.25, -0.2) is 4.52 Å². The van der Waals surface area contributed by atoms with Crippen LogP contribution in [-0.2, 0) is 24.2 Å². The number of aryl methyl sites for hydroxylation is 1. The van der Waals surface area contributed by atoms with Gasteiger partial charge in [-0.15, -0.1) is 0 Å². The molecule has 146 valence electrons. The zero-order valence-corrected chi connectivity index (χ0v) is 16.6. The van der Waals surface area contributed by atoms with Crippen molar-refractivity contribution >= 4 is 17.1 Å². The van der Waals surface area contributed by atoms with Gasteiger partial charge in [0.25, 0.3) is 5.56 Å². The lowest BCUT2D eigenvalue weighted by Crippen LogP contribution is -2.28. The highest BCUT2D eigenvalue weighted by Crippen LogP contribution is 2.26. The van der Waals surface area contributed by atoms with Gasteiger partial charge in [0.05, 0.1) is 5.69 Å². The van der Waals surface area contributed by atoms with Crippen LogP contribution < -0.4 is 10.9 Å². The maximum absolute atomic E-state index is 13.0. The van der Waals surface area contributed by atoms with Crippen molar-refractivity contribution in [3.05, 3.63) is 63.8 Å². The first kappa shape index (κ1) is 18.5. The van der Waals surface area contributed by atoms with Gasteiger partial charge in [-0.05, 0) is 48.8 Å². The molecule has 0 aliphatic heterocycles. The maximum atomic E-state index is 13.0. The van der Waals surface area contributed by atoms with Gasteiger partial charge in [-0.3, -0.25) is 9.59 Å². The molecule has 1 aromatic carbocycles. The highest BCUT2D eigenvalue weighted by atomic mass is 16.2. The zero-order chi connectivity index (χ0) is 19.8. The second-order valence-electron chi connectivity index (χ2n) is 8.12. The van der Waals surface area contributed by atoms with E-state index in [0.29, 0.717) is 17.4 Å². The number of nitrogens with one attached hydrogen (secondary N) is 1. The Morgan fingerprint density at radius 3 is 2.71 bits per heavy atom. The Kier molecular flexibility index (Phi) is 4.79. The van der Waals surface area contributed by atoms with Crippen LogP contribution in [0.5, 0.6) is 0 Å². The minimum Gasteiger partial charge on any atom is -0.325 e. The summed E-state index contributed by atoms with van der Waals surface area (Å²) in [6.45, 7) is 6.45. The number of hydrogen-bond donors (Lipinski definition) is 1. The highest BCUT2D eigenvalue weighted by Gasteiger charge is 2.23. The topological polar surface area (TPSA) is 68.4 Å². The summed E-state index contributed by atoms with van der Waals surface area (Å²) in [6, 6.07) is 7.82. The summed E-state index contributed by atoms with van der Waals surface area (Å²) >= 11 is 0. The number of carbonyl (C=O) groups excluding carboxylic acids is 1. The van der Waals surface area contributed by atoms with Crippen LogP contribution >= 0.6 is 0 Å². The molecule has 0 saturated carbocycles. The lowest BCUT2D eigenvalue weighted by molar-refractivity contribution is -0.116. The van der Waals surface area contributed by atoms with Crippen LogP contribution in [0.15, 0.2) is 41.5 Å². The minimum atomic E-state index is -0.217. The van der Waals surface area contributed by atoms with Crippen molar-refractivity contribution in [2.24, 2.45) is 5.92 Å². The lowest BCUT2D eigenvalue weighted by atomic mass is 9.88. The third-order valence-corrected chi connectivity index (χ3v) is 5.54. The molecule has 4 rings (SSSR count). The van der Waals surface area contributed by atoms with Gasteiger partial charge in [-0.2, -0.15) is 5.10 Å². The van der Waals surface area contributed by atoms with E-state index in [1.54, 1.807) is 16.9 Å². The molecular weight excluding hydrogens is 352 g/mol. The molecule has 1 amide bonds. The summed E-state index contributed by atoms with van der Waals surface area (Å²) in [6.07, 6.45) is 6.28. The van der Waals surface area contributed by atoms with E-state index < -0.39 is 0 Å². The van der Waals surface area contributed by atoms with E-state index in [0.717, 1.165) is 36.2 Å². The number of amides is 1. The smallest absolute Gasteiger partial charge is 0.277 e. The molecule has 6 heteroatoms. The molecule has 1 atom stereocenters. The van der Waals surface area contributed by atoms with Crippen molar-refractivity contribution in [2.45, 2.75) is 52.5 Å². The summed E-state index contributed by atoms with van der Waals surface area (Å²) in [5.41, 5.74) is 4.47. The number of hydrogen-bond acceptors (Lipinski definition) is 3. The van der Waals surface area contributed by atoms with Crippen LogP contribution in [-0.4, -0.2) is 20.1 Å². The minimum absolute atomic E-state index is 0.0171. The average molecular weight is 378 g/mol. The molecule has 0 spiro atoms. The molecule has 0 bridgehead atoms. The van der Waals surface area contributed by atoms with Crippen molar-refractivity contribution in [3.8, 4) is 0 Å². The zero-order valence-electron chi connectivity index (χ0n) is 16.6. The molecule has 2 aromatic heterocycles. The Hall–Kier alpha value is -2.89. The first-order valence-corrected chi connectivity index (χ1v) is 9.91. The van der Waals surface area contributed by atoms with Crippen LogP contribution in [0.1, 0.15) is 49.9 Å². The van der Waals surface area contributed by atoms with Gasteiger partial charge in [0, 0.05) is 23.6 Å². The molecule has 1 aliphatic carbocycles. The monoisotopic (exact) mass is 378 g/mol. The third-order valence-electron chi connectivity index (χ3n) is 5.54. The largest absolute Gasteiger partial charge is 0.325 e. The van der Waals surface area contributed by atoms with Crippen LogP contribution in [0.4, 0.5) is 5.69 Å². The molecule has 0 radical (unpaired) electrons. The predicted octanol–water partition coefficient (Wildman–Crippen LogP) is 3.38. The first-order valence-electron chi connectivity index (χ1n) is 9.91. The molecule has 2 heterocycles. The SMILES string of the molecule is CC1CCc2nn3ccn(CC(=O)Nc4ccc(C(C)C)cc4)c(=O)c3c2C1. The molecule has 6 nitrogen and oxygen atoms in total. The molecule has 28 heavy (non-hydrogen) atoms. The second kappa shape index (κ2) is 7.26. The lowest BCUT2D eigenvalue weighted by Gasteiger charge is -2.16. The predicted molar refractivity (Wildman–Crippen MR) is 110 cm³/mol. The Bertz CT molecular complexity index is 1080. The van der Waals surface area contributed by atoms with E-state index >= 15 is 0 Å².